The van der Waals surface area contributed by atoms with Crippen LogP contribution in [-0.2, 0) is 11.2 Å². The van der Waals surface area contributed by atoms with Gasteiger partial charge < -0.3 is 20.4 Å². The molecule has 29 heavy (non-hydrogen) atoms. The van der Waals surface area contributed by atoms with Crippen LogP contribution in [-0.4, -0.2) is 37.0 Å². The Balaban J connectivity index is 1.35. The summed E-state index contributed by atoms with van der Waals surface area (Å²) in [5, 5.41) is 5.62. The summed E-state index contributed by atoms with van der Waals surface area (Å²) in [6.45, 7) is 0.762. The fraction of sp³-hybridized carbons (Fsp3) is 0.217. The summed E-state index contributed by atoms with van der Waals surface area (Å²) in [7, 11) is 1.58. The van der Waals surface area contributed by atoms with Gasteiger partial charge in [-0.15, -0.1) is 0 Å². The van der Waals surface area contributed by atoms with Crippen molar-refractivity contribution in [3.8, 4) is 17.0 Å². The molecule has 0 aliphatic heterocycles. The molecular formula is C23H25N3O3. The molecule has 6 heteroatoms. The zero-order chi connectivity index (χ0) is 20.5. The van der Waals surface area contributed by atoms with Crippen molar-refractivity contribution in [2.45, 2.75) is 12.8 Å². The van der Waals surface area contributed by atoms with E-state index in [1.54, 1.807) is 31.4 Å². The van der Waals surface area contributed by atoms with Crippen LogP contribution in [0.3, 0.4) is 0 Å². The number of benzene rings is 2. The summed E-state index contributed by atoms with van der Waals surface area (Å²) in [6, 6.07) is 21.0. The molecule has 0 aliphatic rings. The minimum atomic E-state index is -0.179. The first-order valence-electron chi connectivity index (χ1n) is 9.58. The monoisotopic (exact) mass is 391 g/mol. The van der Waals surface area contributed by atoms with Gasteiger partial charge in [0.2, 0.25) is 5.91 Å². The van der Waals surface area contributed by atoms with E-state index >= 15 is 0 Å². The molecule has 150 valence electrons. The second-order valence-electron chi connectivity index (χ2n) is 6.60. The van der Waals surface area contributed by atoms with Crippen LogP contribution >= 0.6 is 0 Å². The van der Waals surface area contributed by atoms with Crippen LogP contribution in [0, 0.1) is 0 Å². The number of aromatic nitrogens is 1. The van der Waals surface area contributed by atoms with E-state index in [0.717, 1.165) is 17.0 Å². The summed E-state index contributed by atoms with van der Waals surface area (Å²) in [6.07, 6.45) is 1.03. The topological polar surface area (TPSA) is 83.2 Å². The summed E-state index contributed by atoms with van der Waals surface area (Å²) in [4.78, 5) is 27.4. The van der Waals surface area contributed by atoms with Gasteiger partial charge in [-0.2, -0.15) is 0 Å². The van der Waals surface area contributed by atoms with Crippen LogP contribution in [0.4, 0.5) is 0 Å². The molecule has 0 spiro atoms. The Morgan fingerprint density at radius 2 is 1.62 bits per heavy atom. The number of hydrogen-bond acceptors (Lipinski definition) is 3. The number of hydrogen-bond donors (Lipinski definition) is 3. The highest BCUT2D eigenvalue weighted by atomic mass is 16.5. The first-order valence-corrected chi connectivity index (χ1v) is 9.58. The van der Waals surface area contributed by atoms with E-state index in [1.807, 2.05) is 42.5 Å². The molecule has 2 amide bonds. The van der Waals surface area contributed by atoms with Gasteiger partial charge in [-0.25, -0.2) is 0 Å². The first-order chi connectivity index (χ1) is 14.2. The highest BCUT2D eigenvalue weighted by Crippen LogP contribution is 2.18. The third-order valence-electron chi connectivity index (χ3n) is 4.54. The van der Waals surface area contributed by atoms with Crippen molar-refractivity contribution in [3.05, 3.63) is 78.0 Å². The molecule has 0 saturated carbocycles. The van der Waals surface area contributed by atoms with Crippen molar-refractivity contribution in [1.29, 1.82) is 0 Å². The van der Waals surface area contributed by atoms with Crippen LogP contribution in [0.5, 0.6) is 5.75 Å². The molecule has 0 aliphatic carbocycles. The number of aryl methyl sites for hydroxylation is 1. The maximum absolute atomic E-state index is 12.1. The molecule has 1 heterocycles. The van der Waals surface area contributed by atoms with Gasteiger partial charge in [0, 0.05) is 36.5 Å². The van der Waals surface area contributed by atoms with Crippen LogP contribution in [0.15, 0.2) is 66.7 Å². The van der Waals surface area contributed by atoms with E-state index in [1.165, 1.54) is 0 Å². The molecule has 3 rings (SSSR count). The molecule has 0 fully saturated rings. The van der Waals surface area contributed by atoms with E-state index in [0.29, 0.717) is 37.2 Å². The number of amides is 2. The Morgan fingerprint density at radius 3 is 2.34 bits per heavy atom. The summed E-state index contributed by atoms with van der Waals surface area (Å²) >= 11 is 0. The predicted molar refractivity (Wildman–Crippen MR) is 113 cm³/mol. The number of rotatable bonds is 9. The Morgan fingerprint density at radius 1 is 0.897 bits per heavy atom. The minimum absolute atomic E-state index is 0.0421. The lowest BCUT2D eigenvalue weighted by molar-refractivity contribution is -0.121. The van der Waals surface area contributed by atoms with Gasteiger partial charge in [0.1, 0.15) is 5.75 Å². The molecule has 0 radical (unpaired) electrons. The van der Waals surface area contributed by atoms with Gasteiger partial charge in [0.25, 0.3) is 5.91 Å². The van der Waals surface area contributed by atoms with Crippen LogP contribution in [0.1, 0.15) is 22.5 Å². The van der Waals surface area contributed by atoms with Crippen molar-refractivity contribution < 1.29 is 14.3 Å². The standard InChI is InChI=1S/C23H25N3O3/c1-29-20-11-7-18(8-12-20)23(28)25-16-15-24-22(27)14-10-19-9-13-21(26-19)17-5-3-2-4-6-17/h2-9,11-13,26H,10,14-16H2,1H3,(H,24,27)(H,25,28). The van der Waals surface area contributed by atoms with Crippen molar-refractivity contribution >= 4 is 11.8 Å². The summed E-state index contributed by atoms with van der Waals surface area (Å²) < 4.78 is 5.07. The molecule has 6 nitrogen and oxygen atoms in total. The predicted octanol–water partition coefficient (Wildman–Crippen LogP) is 3.17. The van der Waals surface area contributed by atoms with Gasteiger partial charge in [-0.05, 0) is 48.4 Å². The highest BCUT2D eigenvalue weighted by molar-refractivity contribution is 5.94. The zero-order valence-corrected chi connectivity index (χ0v) is 16.4. The van der Waals surface area contributed by atoms with E-state index in [4.69, 9.17) is 4.74 Å². The summed E-state index contributed by atoms with van der Waals surface area (Å²) in [5.74, 6) is 0.480. The quantitative estimate of drug-likeness (QED) is 0.490. The van der Waals surface area contributed by atoms with E-state index in [9.17, 15) is 9.59 Å². The molecule has 1 aromatic heterocycles. The smallest absolute Gasteiger partial charge is 0.251 e. The van der Waals surface area contributed by atoms with Crippen molar-refractivity contribution in [2.75, 3.05) is 20.2 Å². The fourth-order valence-electron chi connectivity index (χ4n) is 2.93. The number of nitrogens with one attached hydrogen (secondary N) is 3. The molecule has 0 unspecified atom stereocenters. The Bertz CT molecular complexity index is 934. The van der Waals surface area contributed by atoms with Gasteiger partial charge in [0.15, 0.2) is 0 Å². The van der Waals surface area contributed by atoms with Crippen molar-refractivity contribution in [2.24, 2.45) is 0 Å². The van der Waals surface area contributed by atoms with Gasteiger partial charge in [-0.1, -0.05) is 30.3 Å². The fourth-order valence-corrected chi connectivity index (χ4v) is 2.93. The molecule has 0 atom stereocenters. The first kappa shape index (κ1) is 20.2. The number of H-pyrrole nitrogens is 1. The maximum atomic E-state index is 12.1. The Kier molecular flexibility index (Phi) is 7.05. The number of carbonyl (C=O) groups excluding carboxylic acids is 2. The van der Waals surface area contributed by atoms with Crippen LogP contribution in [0.2, 0.25) is 0 Å². The lowest BCUT2D eigenvalue weighted by Crippen LogP contribution is -2.34. The minimum Gasteiger partial charge on any atom is -0.497 e. The van der Waals surface area contributed by atoms with E-state index in [-0.39, 0.29) is 11.8 Å². The second-order valence-corrected chi connectivity index (χ2v) is 6.60. The maximum Gasteiger partial charge on any atom is 0.251 e. The summed E-state index contributed by atoms with van der Waals surface area (Å²) in [5.41, 5.74) is 3.74. The molecule has 0 saturated heterocycles. The molecular weight excluding hydrogens is 366 g/mol. The Labute approximate surface area is 170 Å². The highest BCUT2D eigenvalue weighted by Gasteiger charge is 2.07. The third-order valence-corrected chi connectivity index (χ3v) is 4.54. The van der Waals surface area contributed by atoms with Crippen LogP contribution < -0.4 is 15.4 Å². The van der Waals surface area contributed by atoms with Crippen molar-refractivity contribution in [1.82, 2.24) is 15.6 Å². The van der Waals surface area contributed by atoms with Crippen LogP contribution in [0.25, 0.3) is 11.3 Å². The molecule has 0 bridgehead atoms. The molecule has 3 aromatic rings. The SMILES string of the molecule is COc1ccc(C(=O)NCCNC(=O)CCc2ccc(-c3ccccc3)[nH]2)cc1. The normalized spacial score (nSPS) is 10.4. The average Bonchev–Trinajstić information content (AvgIpc) is 3.25. The number of ether oxygens (including phenoxy) is 1. The second kappa shape index (κ2) is 10.1. The van der Waals surface area contributed by atoms with Gasteiger partial charge in [-0.3, -0.25) is 9.59 Å². The number of methoxy groups -OCH3 is 1. The lowest BCUT2D eigenvalue weighted by atomic mass is 10.2. The largest absolute Gasteiger partial charge is 0.497 e. The van der Waals surface area contributed by atoms with E-state index < -0.39 is 0 Å². The molecule has 3 N–H and O–H groups in total. The molecule has 2 aromatic carbocycles. The van der Waals surface area contributed by atoms with Crippen molar-refractivity contribution in [3.63, 3.8) is 0 Å². The lowest BCUT2D eigenvalue weighted by Gasteiger charge is -2.07. The number of aromatic amines is 1. The number of carbonyl (C=O) groups is 2. The Hall–Kier alpha value is -3.54. The van der Waals surface area contributed by atoms with Gasteiger partial charge >= 0.3 is 0 Å². The third kappa shape index (κ3) is 5.97. The zero-order valence-electron chi connectivity index (χ0n) is 16.4. The van der Waals surface area contributed by atoms with Gasteiger partial charge in [0.05, 0.1) is 7.11 Å². The average molecular weight is 391 g/mol. The van der Waals surface area contributed by atoms with E-state index in [2.05, 4.69) is 15.6 Å².